The molecule has 118 valence electrons. The highest BCUT2D eigenvalue weighted by Crippen LogP contribution is 2.47. The third kappa shape index (κ3) is 2.72. The van der Waals surface area contributed by atoms with Gasteiger partial charge in [-0.25, -0.2) is 0 Å². The molecule has 1 saturated heterocycles. The molecule has 1 saturated carbocycles. The summed E-state index contributed by atoms with van der Waals surface area (Å²) in [6.45, 7) is 3.88. The minimum absolute atomic E-state index is 0.0790. The maximum Gasteiger partial charge on any atom is 0.230 e. The maximum absolute atomic E-state index is 12.7. The number of rotatable bonds is 4. The van der Waals surface area contributed by atoms with Crippen molar-refractivity contribution < 1.29 is 9.59 Å². The molecular weight excluding hydrogens is 284 g/mol. The normalized spacial score (nSPS) is 22.7. The van der Waals surface area contributed by atoms with E-state index in [2.05, 4.69) is 0 Å². The van der Waals surface area contributed by atoms with Crippen LogP contribution in [-0.4, -0.2) is 27.2 Å². The van der Waals surface area contributed by atoms with Crippen molar-refractivity contribution in [2.75, 3.05) is 0 Å². The van der Waals surface area contributed by atoms with E-state index in [-0.39, 0.29) is 22.2 Å². The molecule has 1 spiro atoms. The fourth-order valence-electron chi connectivity index (χ4n) is 4.16. The molecule has 0 atom stereocenters. The third-order valence-corrected chi connectivity index (χ3v) is 5.90. The third-order valence-electron chi connectivity index (χ3n) is 5.52. The SMILES string of the molecule is CCC(CC)(C(N)=S)N1C(=O)CC2(CCCCC2)CC1=O. The minimum atomic E-state index is -0.778. The number of imide groups is 1. The summed E-state index contributed by atoms with van der Waals surface area (Å²) in [6.07, 6.45) is 7.59. The van der Waals surface area contributed by atoms with Crippen LogP contribution in [-0.2, 0) is 9.59 Å². The van der Waals surface area contributed by atoms with E-state index < -0.39 is 5.54 Å². The van der Waals surface area contributed by atoms with Crippen LogP contribution in [0.5, 0.6) is 0 Å². The summed E-state index contributed by atoms with van der Waals surface area (Å²) in [4.78, 5) is 27.1. The summed E-state index contributed by atoms with van der Waals surface area (Å²) in [5, 5.41) is 0. The second kappa shape index (κ2) is 6.03. The van der Waals surface area contributed by atoms with E-state index in [0.29, 0.717) is 25.7 Å². The van der Waals surface area contributed by atoms with E-state index in [1.54, 1.807) is 0 Å². The van der Waals surface area contributed by atoms with Gasteiger partial charge in [0.2, 0.25) is 11.8 Å². The van der Waals surface area contributed by atoms with Gasteiger partial charge in [-0.15, -0.1) is 0 Å². The first-order chi connectivity index (χ1) is 9.91. The predicted octanol–water partition coefficient (Wildman–Crippen LogP) is 2.93. The number of nitrogens with zero attached hydrogens (tertiary/aromatic N) is 1. The molecular formula is C16H26N2O2S. The van der Waals surface area contributed by atoms with Gasteiger partial charge < -0.3 is 5.73 Å². The van der Waals surface area contributed by atoms with E-state index in [1.807, 2.05) is 13.8 Å². The maximum atomic E-state index is 12.7. The van der Waals surface area contributed by atoms with Gasteiger partial charge in [-0.3, -0.25) is 14.5 Å². The van der Waals surface area contributed by atoms with Crippen molar-refractivity contribution in [2.45, 2.75) is 77.2 Å². The first kappa shape index (κ1) is 16.4. The van der Waals surface area contributed by atoms with Crippen molar-refractivity contribution in [2.24, 2.45) is 11.1 Å². The van der Waals surface area contributed by atoms with Crippen molar-refractivity contribution >= 4 is 29.0 Å². The van der Waals surface area contributed by atoms with Crippen molar-refractivity contribution in [3.05, 3.63) is 0 Å². The van der Waals surface area contributed by atoms with Gasteiger partial charge in [0.15, 0.2) is 0 Å². The highest BCUT2D eigenvalue weighted by Gasteiger charge is 2.51. The molecule has 0 aromatic carbocycles. The molecule has 1 heterocycles. The summed E-state index contributed by atoms with van der Waals surface area (Å²) in [5.41, 5.74) is 5.03. The Morgan fingerprint density at radius 1 is 1.14 bits per heavy atom. The smallest absolute Gasteiger partial charge is 0.230 e. The van der Waals surface area contributed by atoms with Crippen LogP contribution in [0.1, 0.15) is 71.6 Å². The molecule has 5 heteroatoms. The summed E-state index contributed by atoms with van der Waals surface area (Å²) in [5.74, 6) is -0.158. The Labute approximate surface area is 132 Å². The molecule has 0 aromatic rings. The minimum Gasteiger partial charge on any atom is -0.391 e. The summed E-state index contributed by atoms with van der Waals surface area (Å²) in [6, 6.07) is 0. The number of carbonyl (C=O) groups excluding carboxylic acids is 2. The van der Waals surface area contributed by atoms with Crippen LogP contribution in [0.3, 0.4) is 0 Å². The Kier molecular flexibility index (Phi) is 4.71. The number of hydrogen-bond donors (Lipinski definition) is 1. The van der Waals surface area contributed by atoms with Gasteiger partial charge in [-0.1, -0.05) is 45.3 Å². The fourth-order valence-corrected chi connectivity index (χ4v) is 4.54. The van der Waals surface area contributed by atoms with Crippen LogP contribution in [0.15, 0.2) is 0 Å². The van der Waals surface area contributed by atoms with Gasteiger partial charge in [0.05, 0.1) is 10.5 Å². The van der Waals surface area contributed by atoms with Crippen LogP contribution in [0.25, 0.3) is 0 Å². The largest absolute Gasteiger partial charge is 0.391 e. The van der Waals surface area contributed by atoms with Crippen LogP contribution < -0.4 is 5.73 Å². The number of nitrogens with two attached hydrogens (primary N) is 1. The first-order valence-corrected chi connectivity index (χ1v) is 8.47. The molecule has 1 aliphatic heterocycles. The first-order valence-electron chi connectivity index (χ1n) is 8.06. The molecule has 4 nitrogen and oxygen atoms in total. The molecule has 0 bridgehead atoms. The van der Waals surface area contributed by atoms with Gasteiger partial charge in [0.25, 0.3) is 0 Å². The van der Waals surface area contributed by atoms with E-state index in [1.165, 1.54) is 11.3 Å². The molecule has 2 aliphatic rings. The van der Waals surface area contributed by atoms with Gasteiger partial charge >= 0.3 is 0 Å². The van der Waals surface area contributed by atoms with Crippen molar-refractivity contribution in [3.8, 4) is 0 Å². The Bertz CT molecular complexity index is 431. The van der Waals surface area contributed by atoms with Crippen LogP contribution in [0.2, 0.25) is 0 Å². The van der Waals surface area contributed by atoms with Crippen molar-refractivity contribution in [1.82, 2.24) is 4.90 Å². The molecule has 2 fully saturated rings. The lowest BCUT2D eigenvalue weighted by Crippen LogP contribution is -2.63. The number of hydrogen-bond acceptors (Lipinski definition) is 3. The molecule has 21 heavy (non-hydrogen) atoms. The average Bonchev–Trinajstić information content (AvgIpc) is 2.43. The van der Waals surface area contributed by atoms with E-state index in [0.717, 1.165) is 25.7 Å². The Hall–Kier alpha value is -0.970. The molecule has 0 aromatic heterocycles. The number of carbonyl (C=O) groups is 2. The Morgan fingerprint density at radius 3 is 2.00 bits per heavy atom. The zero-order chi connectivity index (χ0) is 15.7. The van der Waals surface area contributed by atoms with E-state index in [9.17, 15) is 9.59 Å². The van der Waals surface area contributed by atoms with Crippen LogP contribution >= 0.6 is 12.2 Å². The number of likely N-dealkylation sites (tertiary alicyclic amines) is 1. The second-order valence-electron chi connectivity index (χ2n) is 6.64. The highest BCUT2D eigenvalue weighted by molar-refractivity contribution is 7.80. The average molecular weight is 310 g/mol. The van der Waals surface area contributed by atoms with Crippen LogP contribution in [0.4, 0.5) is 0 Å². The number of amides is 2. The van der Waals surface area contributed by atoms with Crippen molar-refractivity contribution in [1.29, 1.82) is 0 Å². The van der Waals surface area contributed by atoms with Gasteiger partial charge in [0.1, 0.15) is 0 Å². The Balaban J connectivity index is 2.29. The zero-order valence-corrected chi connectivity index (χ0v) is 13.9. The van der Waals surface area contributed by atoms with Crippen molar-refractivity contribution in [3.63, 3.8) is 0 Å². The number of thiocarbonyl (C=S) groups is 1. The molecule has 1 aliphatic carbocycles. The lowest BCUT2D eigenvalue weighted by Gasteiger charge is -2.48. The fraction of sp³-hybridized carbons (Fsp3) is 0.812. The van der Waals surface area contributed by atoms with Crippen LogP contribution in [0, 0.1) is 5.41 Å². The summed E-state index contributed by atoms with van der Waals surface area (Å²) >= 11 is 5.19. The predicted molar refractivity (Wildman–Crippen MR) is 86.7 cm³/mol. The van der Waals surface area contributed by atoms with E-state index >= 15 is 0 Å². The highest BCUT2D eigenvalue weighted by atomic mass is 32.1. The monoisotopic (exact) mass is 310 g/mol. The molecule has 0 unspecified atom stereocenters. The van der Waals surface area contributed by atoms with E-state index in [4.69, 9.17) is 18.0 Å². The lowest BCUT2D eigenvalue weighted by molar-refractivity contribution is -0.160. The quantitative estimate of drug-likeness (QED) is 0.640. The number of piperidine rings is 1. The molecule has 0 radical (unpaired) electrons. The van der Waals surface area contributed by atoms with Gasteiger partial charge in [-0.2, -0.15) is 0 Å². The molecule has 2 N–H and O–H groups in total. The second-order valence-corrected chi connectivity index (χ2v) is 7.08. The van der Waals surface area contributed by atoms with Gasteiger partial charge in [0, 0.05) is 12.8 Å². The topological polar surface area (TPSA) is 63.4 Å². The zero-order valence-electron chi connectivity index (χ0n) is 13.1. The standard InChI is InChI=1S/C16H26N2O2S/c1-3-16(4-2,14(17)21)18-12(19)10-15(11-13(18)20)8-6-5-7-9-15/h3-11H2,1-2H3,(H2,17,21). The van der Waals surface area contributed by atoms with Gasteiger partial charge in [-0.05, 0) is 31.1 Å². The Morgan fingerprint density at radius 2 is 1.62 bits per heavy atom. The summed E-state index contributed by atoms with van der Waals surface area (Å²) in [7, 11) is 0. The summed E-state index contributed by atoms with van der Waals surface area (Å²) < 4.78 is 0. The molecule has 2 amide bonds. The molecule has 2 rings (SSSR count). The lowest BCUT2D eigenvalue weighted by atomic mass is 9.67.